The summed E-state index contributed by atoms with van der Waals surface area (Å²) in [7, 11) is 0. The average molecular weight is 220 g/mol. The monoisotopic (exact) mass is 220 g/mol. The van der Waals surface area contributed by atoms with E-state index in [9.17, 15) is 0 Å². The molecule has 3 rings (SSSR count). The van der Waals surface area contributed by atoms with E-state index in [-0.39, 0.29) is 5.60 Å². The molecule has 16 heavy (non-hydrogen) atoms. The quantitative estimate of drug-likeness (QED) is 0.611. The standard InChI is InChI=1S/C15H24O/c1-9(2)11-5-6-15(4)13-8-14(16-15)10(3)7-12(11)13/h7,9,11-14H,5-6,8H2,1-4H3/t11-,12-,13-,14+,15+/m0/s1. The Morgan fingerprint density at radius 2 is 2.19 bits per heavy atom. The topological polar surface area (TPSA) is 9.23 Å². The van der Waals surface area contributed by atoms with Crippen LogP contribution in [-0.2, 0) is 4.74 Å². The third-order valence-corrected chi connectivity index (χ3v) is 5.42. The van der Waals surface area contributed by atoms with E-state index in [0.29, 0.717) is 6.10 Å². The van der Waals surface area contributed by atoms with E-state index in [0.717, 1.165) is 23.7 Å². The lowest BCUT2D eigenvalue weighted by Gasteiger charge is -2.45. The summed E-state index contributed by atoms with van der Waals surface area (Å²) >= 11 is 0. The summed E-state index contributed by atoms with van der Waals surface area (Å²) in [5.41, 5.74) is 1.69. The zero-order valence-corrected chi connectivity index (χ0v) is 11.0. The molecule has 0 unspecified atom stereocenters. The van der Waals surface area contributed by atoms with Gasteiger partial charge in [0.25, 0.3) is 0 Å². The van der Waals surface area contributed by atoms with Gasteiger partial charge in [-0.1, -0.05) is 19.9 Å². The molecule has 0 aromatic rings. The first kappa shape index (κ1) is 10.8. The molecule has 1 nitrogen and oxygen atoms in total. The highest BCUT2D eigenvalue weighted by Gasteiger charge is 2.55. The SMILES string of the molecule is CC1=C[C@H]2[C@H](C(C)C)CC[C@@]3(C)O[C@@H]1C[C@@H]23. The highest BCUT2D eigenvalue weighted by Crippen LogP contribution is 2.56. The highest BCUT2D eigenvalue weighted by atomic mass is 16.5. The first-order chi connectivity index (χ1) is 7.51. The van der Waals surface area contributed by atoms with E-state index in [1.54, 1.807) is 0 Å². The molecule has 1 saturated heterocycles. The predicted molar refractivity (Wildman–Crippen MR) is 66.2 cm³/mol. The molecular formula is C15H24O. The van der Waals surface area contributed by atoms with E-state index < -0.39 is 0 Å². The molecule has 1 aliphatic heterocycles. The van der Waals surface area contributed by atoms with Crippen LogP contribution in [0.1, 0.15) is 47.0 Å². The Bertz CT molecular complexity index is 330. The fraction of sp³-hybridized carbons (Fsp3) is 0.867. The van der Waals surface area contributed by atoms with Gasteiger partial charge in [0.1, 0.15) is 0 Å². The minimum Gasteiger partial charge on any atom is -0.367 e. The molecule has 2 aliphatic carbocycles. The van der Waals surface area contributed by atoms with E-state index in [2.05, 4.69) is 33.8 Å². The second-order valence-corrected chi connectivity index (χ2v) is 6.70. The summed E-state index contributed by atoms with van der Waals surface area (Å²) in [5.74, 6) is 3.28. The van der Waals surface area contributed by atoms with Crippen LogP contribution in [0.4, 0.5) is 0 Å². The van der Waals surface area contributed by atoms with Gasteiger partial charge in [-0.25, -0.2) is 0 Å². The van der Waals surface area contributed by atoms with E-state index in [4.69, 9.17) is 4.74 Å². The Morgan fingerprint density at radius 3 is 2.88 bits per heavy atom. The van der Waals surface area contributed by atoms with Gasteiger partial charge >= 0.3 is 0 Å². The molecule has 0 aromatic heterocycles. The van der Waals surface area contributed by atoms with Crippen molar-refractivity contribution in [3.05, 3.63) is 11.6 Å². The van der Waals surface area contributed by atoms with Gasteiger partial charge in [0.05, 0.1) is 11.7 Å². The zero-order chi connectivity index (χ0) is 11.5. The van der Waals surface area contributed by atoms with Crippen molar-refractivity contribution in [2.45, 2.75) is 58.7 Å². The van der Waals surface area contributed by atoms with Crippen molar-refractivity contribution in [3.8, 4) is 0 Å². The van der Waals surface area contributed by atoms with Crippen LogP contribution < -0.4 is 0 Å². The highest BCUT2D eigenvalue weighted by molar-refractivity contribution is 5.22. The third kappa shape index (κ3) is 1.33. The van der Waals surface area contributed by atoms with Crippen LogP contribution in [0.2, 0.25) is 0 Å². The van der Waals surface area contributed by atoms with Crippen molar-refractivity contribution in [1.29, 1.82) is 0 Å². The molecule has 0 N–H and O–H groups in total. The molecule has 2 fully saturated rings. The molecule has 0 amide bonds. The molecule has 0 aromatic carbocycles. The Kier molecular flexibility index (Phi) is 2.27. The molecule has 1 heterocycles. The molecule has 0 spiro atoms. The third-order valence-electron chi connectivity index (χ3n) is 5.42. The van der Waals surface area contributed by atoms with Crippen LogP contribution in [0.15, 0.2) is 11.6 Å². The summed E-state index contributed by atoms with van der Waals surface area (Å²) in [6.45, 7) is 9.40. The van der Waals surface area contributed by atoms with Crippen molar-refractivity contribution < 1.29 is 4.74 Å². The van der Waals surface area contributed by atoms with Gasteiger partial charge in [-0.2, -0.15) is 0 Å². The van der Waals surface area contributed by atoms with E-state index in [1.165, 1.54) is 24.8 Å². The van der Waals surface area contributed by atoms with E-state index in [1.807, 2.05) is 0 Å². The fourth-order valence-corrected chi connectivity index (χ4v) is 4.40. The van der Waals surface area contributed by atoms with Crippen LogP contribution in [0.5, 0.6) is 0 Å². The van der Waals surface area contributed by atoms with Crippen molar-refractivity contribution in [2.24, 2.45) is 23.7 Å². The minimum absolute atomic E-state index is 0.189. The number of hydrogen-bond acceptors (Lipinski definition) is 1. The summed E-state index contributed by atoms with van der Waals surface area (Å²) in [6, 6.07) is 0. The molecular weight excluding hydrogens is 196 g/mol. The van der Waals surface area contributed by atoms with Gasteiger partial charge in [0.2, 0.25) is 0 Å². The normalized spacial score (nSPS) is 50.7. The van der Waals surface area contributed by atoms with Gasteiger partial charge in [-0.05, 0) is 62.4 Å². The molecule has 1 heteroatoms. The lowest BCUT2D eigenvalue weighted by atomic mass is 9.60. The van der Waals surface area contributed by atoms with Gasteiger partial charge in [0, 0.05) is 0 Å². The summed E-state index contributed by atoms with van der Waals surface area (Å²) in [5, 5.41) is 0. The molecule has 90 valence electrons. The second-order valence-electron chi connectivity index (χ2n) is 6.70. The zero-order valence-electron chi connectivity index (χ0n) is 11.0. The first-order valence-corrected chi connectivity index (χ1v) is 6.87. The largest absolute Gasteiger partial charge is 0.367 e. The summed E-state index contributed by atoms with van der Waals surface area (Å²) < 4.78 is 6.32. The number of rotatable bonds is 1. The fourth-order valence-electron chi connectivity index (χ4n) is 4.40. The number of ether oxygens (including phenoxy) is 1. The van der Waals surface area contributed by atoms with Crippen LogP contribution >= 0.6 is 0 Å². The number of allylic oxidation sites excluding steroid dienone is 1. The van der Waals surface area contributed by atoms with Crippen molar-refractivity contribution in [2.75, 3.05) is 0 Å². The van der Waals surface area contributed by atoms with Gasteiger partial charge in [-0.15, -0.1) is 0 Å². The molecule has 0 radical (unpaired) electrons. The second kappa shape index (κ2) is 3.35. The number of hydrogen-bond donors (Lipinski definition) is 0. The Balaban J connectivity index is 1.98. The van der Waals surface area contributed by atoms with Gasteiger partial charge in [0.15, 0.2) is 0 Å². The van der Waals surface area contributed by atoms with Crippen molar-refractivity contribution in [1.82, 2.24) is 0 Å². The van der Waals surface area contributed by atoms with Crippen LogP contribution in [0.3, 0.4) is 0 Å². The Morgan fingerprint density at radius 1 is 1.44 bits per heavy atom. The summed E-state index contributed by atoms with van der Waals surface area (Å²) in [6.07, 6.45) is 6.90. The maximum atomic E-state index is 6.32. The first-order valence-electron chi connectivity index (χ1n) is 6.87. The molecule has 5 atom stereocenters. The lowest BCUT2D eigenvalue weighted by Crippen LogP contribution is -2.44. The minimum atomic E-state index is 0.189. The smallest absolute Gasteiger partial charge is 0.0793 e. The van der Waals surface area contributed by atoms with Crippen LogP contribution in [-0.4, -0.2) is 11.7 Å². The molecule has 3 aliphatic rings. The maximum absolute atomic E-state index is 6.32. The van der Waals surface area contributed by atoms with Crippen LogP contribution in [0.25, 0.3) is 0 Å². The lowest BCUT2D eigenvalue weighted by molar-refractivity contribution is -0.0710. The van der Waals surface area contributed by atoms with Crippen molar-refractivity contribution >= 4 is 0 Å². The number of fused-ring (bicyclic) bond motifs is 1. The summed E-state index contributed by atoms with van der Waals surface area (Å²) in [4.78, 5) is 0. The van der Waals surface area contributed by atoms with E-state index >= 15 is 0 Å². The Hall–Kier alpha value is -0.300. The molecule has 1 saturated carbocycles. The molecule has 2 bridgehead atoms. The van der Waals surface area contributed by atoms with Gasteiger partial charge < -0.3 is 4.74 Å². The predicted octanol–water partition coefficient (Wildman–Crippen LogP) is 3.79. The van der Waals surface area contributed by atoms with Gasteiger partial charge in [-0.3, -0.25) is 0 Å². The Labute approximate surface area is 99.3 Å². The van der Waals surface area contributed by atoms with Crippen molar-refractivity contribution in [3.63, 3.8) is 0 Å². The maximum Gasteiger partial charge on any atom is 0.0793 e. The average Bonchev–Trinajstić information content (AvgIpc) is 2.52. The van der Waals surface area contributed by atoms with Crippen LogP contribution in [0, 0.1) is 23.7 Å².